The lowest BCUT2D eigenvalue weighted by Crippen LogP contribution is -2.25. The van der Waals surface area contributed by atoms with Crippen LogP contribution in [-0.2, 0) is 4.74 Å². The van der Waals surface area contributed by atoms with E-state index >= 15 is 0 Å². The fraction of sp³-hybridized carbons (Fsp3) is 0.278. The lowest BCUT2D eigenvalue weighted by molar-refractivity contribution is 0.0635. The number of hydrogen-bond acceptors (Lipinski definition) is 2. The number of carbonyl (C=O) groups is 1. The van der Waals surface area contributed by atoms with E-state index in [-0.39, 0.29) is 12.0 Å². The molecular weight excluding hydrogens is 298 g/mol. The highest BCUT2D eigenvalue weighted by Crippen LogP contribution is 2.15. The molecule has 0 aliphatic rings. The molecule has 0 bridgehead atoms. The van der Waals surface area contributed by atoms with Gasteiger partial charge in [0.15, 0.2) is 0 Å². The van der Waals surface area contributed by atoms with E-state index < -0.39 is 0 Å². The van der Waals surface area contributed by atoms with Crippen LogP contribution in [0.2, 0.25) is 5.02 Å². The van der Waals surface area contributed by atoms with E-state index in [2.05, 4.69) is 5.32 Å². The van der Waals surface area contributed by atoms with Gasteiger partial charge in [-0.15, -0.1) is 0 Å². The van der Waals surface area contributed by atoms with Crippen LogP contribution in [0.1, 0.15) is 35.4 Å². The molecule has 0 saturated heterocycles. The van der Waals surface area contributed by atoms with E-state index in [0.29, 0.717) is 23.7 Å². The average molecular weight is 318 g/mol. The van der Waals surface area contributed by atoms with E-state index in [1.165, 1.54) is 0 Å². The number of nitrogens with one attached hydrogen (secondary N) is 1. The predicted octanol–water partition coefficient (Wildman–Crippen LogP) is 4.24. The molecule has 0 aliphatic heterocycles. The van der Waals surface area contributed by atoms with Crippen molar-refractivity contribution in [2.45, 2.75) is 19.4 Å². The second kappa shape index (κ2) is 8.57. The van der Waals surface area contributed by atoms with Gasteiger partial charge in [0.05, 0.1) is 6.10 Å². The van der Waals surface area contributed by atoms with Crippen LogP contribution in [0.4, 0.5) is 0 Å². The summed E-state index contributed by atoms with van der Waals surface area (Å²) in [6.07, 6.45) is 0.827. The molecular formula is C18H20ClNO2. The van der Waals surface area contributed by atoms with Crippen molar-refractivity contribution in [2.24, 2.45) is 0 Å². The van der Waals surface area contributed by atoms with Gasteiger partial charge in [-0.05, 0) is 37.1 Å². The number of carbonyl (C=O) groups excluding carboxylic acids is 1. The molecule has 1 unspecified atom stereocenters. The SMILES string of the molecule is CC(OCCCNC(=O)c1cccc(Cl)c1)c1ccccc1. The summed E-state index contributed by atoms with van der Waals surface area (Å²) in [4.78, 5) is 11.9. The number of rotatable bonds is 7. The highest BCUT2D eigenvalue weighted by molar-refractivity contribution is 6.30. The Morgan fingerprint density at radius 3 is 2.68 bits per heavy atom. The Morgan fingerprint density at radius 2 is 1.95 bits per heavy atom. The zero-order chi connectivity index (χ0) is 15.8. The van der Waals surface area contributed by atoms with Crippen LogP contribution in [0, 0.1) is 0 Å². The van der Waals surface area contributed by atoms with Crippen molar-refractivity contribution < 1.29 is 9.53 Å². The maximum Gasteiger partial charge on any atom is 0.251 e. The molecule has 0 saturated carbocycles. The van der Waals surface area contributed by atoms with Crippen molar-refractivity contribution in [1.82, 2.24) is 5.32 Å². The average Bonchev–Trinajstić information content (AvgIpc) is 2.55. The Balaban J connectivity index is 1.66. The molecule has 1 amide bonds. The molecule has 0 aliphatic carbocycles. The first-order valence-corrected chi connectivity index (χ1v) is 7.75. The normalized spacial score (nSPS) is 11.9. The van der Waals surface area contributed by atoms with Crippen LogP contribution in [0.5, 0.6) is 0 Å². The number of hydrogen-bond donors (Lipinski definition) is 1. The zero-order valence-electron chi connectivity index (χ0n) is 12.6. The minimum absolute atomic E-state index is 0.0600. The summed E-state index contributed by atoms with van der Waals surface area (Å²) in [5.41, 5.74) is 1.73. The molecule has 0 spiro atoms. The summed E-state index contributed by atoms with van der Waals surface area (Å²) in [7, 11) is 0. The summed E-state index contributed by atoms with van der Waals surface area (Å²) < 4.78 is 5.76. The third-order valence-electron chi connectivity index (χ3n) is 3.33. The lowest BCUT2D eigenvalue weighted by atomic mass is 10.1. The van der Waals surface area contributed by atoms with Gasteiger partial charge in [0.2, 0.25) is 0 Å². The van der Waals surface area contributed by atoms with Crippen molar-refractivity contribution in [2.75, 3.05) is 13.2 Å². The maximum atomic E-state index is 11.9. The van der Waals surface area contributed by atoms with Crippen LogP contribution in [0.25, 0.3) is 0 Å². The second-order valence-corrected chi connectivity index (χ2v) is 5.48. The van der Waals surface area contributed by atoms with Gasteiger partial charge in [-0.25, -0.2) is 0 Å². The Labute approximate surface area is 136 Å². The maximum absolute atomic E-state index is 11.9. The van der Waals surface area contributed by atoms with Gasteiger partial charge >= 0.3 is 0 Å². The fourth-order valence-electron chi connectivity index (χ4n) is 2.09. The highest BCUT2D eigenvalue weighted by Gasteiger charge is 2.06. The van der Waals surface area contributed by atoms with E-state index in [4.69, 9.17) is 16.3 Å². The highest BCUT2D eigenvalue weighted by atomic mass is 35.5. The smallest absolute Gasteiger partial charge is 0.251 e. The molecule has 22 heavy (non-hydrogen) atoms. The number of amides is 1. The Bertz CT molecular complexity index is 601. The molecule has 1 atom stereocenters. The van der Waals surface area contributed by atoms with Crippen molar-refractivity contribution in [1.29, 1.82) is 0 Å². The summed E-state index contributed by atoms with van der Waals surface area (Å²) in [5.74, 6) is -0.112. The van der Waals surface area contributed by atoms with E-state index in [0.717, 1.165) is 12.0 Å². The molecule has 3 nitrogen and oxygen atoms in total. The zero-order valence-corrected chi connectivity index (χ0v) is 13.3. The first-order chi connectivity index (χ1) is 10.7. The first kappa shape index (κ1) is 16.5. The standard InChI is InChI=1S/C18H20ClNO2/c1-14(15-7-3-2-4-8-15)22-12-6-11-20-18(21)16-9-5-10-17(19)13-16/h2-5,7-10,13-14H,6,11-12H2,1H3,(H,20,21). The summed E-state index contributed by atoms with van der Waals surface area (Å²) in [6.45, 7) is 3.21. The molecule has 0 fully saturated rings. The number of halogens is 1. The monoisotopic (exact) mass is 317 g/mol. The van der Waals surface area contributed by atoms with Gasteiger partial charge in [-0.2, -0.15) is 0 Å². The predicted molar refractivity (Wildman–Crippen MR) is 89.2 cm³/mol. The van der Waals surface area contributed by atoms with E-state index in [1.807, 2.05) is 37.3 Å². The van der Waals surface area contributed by atoms with Gasteiger partial charge in [-0.3, -0.25) is 4.79 Å². The van der Waals surface area contributed by atoms with Gasteiger partial charge in [0.25, 0.3) is 5.91 Å². The van der Waals surface area contributed by atoms with Crippen LogP contribution < -0.4 is 5.32 Å². The summed E-state index contributed by atoms with van der Waals surface area (Å²) in [5, 5.41) is 3.42. The number of ether oxygens (including phenoxy) is 1. The van der Waals surface area contributed by atoms with Gasteiger partial charge in [-0.1, -0.05) is 48.0 Å². The minimum Gasteiger partial charge on any atom is -0.374 e. The summed E-state index contributed by atoms with van der Waals surface area (Å²) in [6, 6.07) is 17.0. The molecule has 4 heteroatoms. The molecule has 1 N–H and O–H groups in total. The Hall–Kier alpha value is -1.84. The van der Waals surface area contributed by atoms with E-state index in [1.54, 1.807) is 24.3 Å². The lowest BCUT2D eigenvalue weighted by Gasteiger charge is -2.13. The van der Waals surface area contributed by atoms with Gasteiger partial charge in [0, 0.05) is 23.7 Å². The minimum atomic E-state index is -0.112. The third-order valence-corrected chi connectivity index (χ3v) is 3.57. The van der Waals surface area contributed by atoms with Crippen LogP contribution in [0.15, 0.2) is 54.6 Å². The molecule has 2 aromatic rings. The molecule has 0 radical (unpaired) electrons. The van der Waals surface area contributed by atoms with Gasteiger partial charge < -0.3 is 10.1 Å². The fourth-order valence-corrected chi connectivity index (χ4v) is 2.28. The van der Waals surface area contributed by atoms with Crippen molar-refractivity contribution in [3.05, 3.63) is 70.7 Å². The number of benzene rings is 2. The molecule has 0 heterocycles. The quantitative estimate of drug-likeness (QED) is 0.776. The molecule has 116 valence electrons. The van der Waals surface area contributed by atoms with E-state index in [9.17, 15) is 4.79 Å². The summed E-state index contributed by atoms with van der Waals surface area (Å²) >= 11 is 5.87. The first-order valence-electron chi connectivity index (χ1n) is 7.37. The Kier molecular flexibility index (Phi) is 6.44. The Morgan fingerprint density at radius 1 is 1.18 bits per heavy atom. The van der Waals surface area contributed by atoms with Crippen molar-refractivity contribution >= 4 is 17.5 Å². The van der Waals surface area contributed by atoms with Crippen LogP contribution >= 0.6 is 11.6 Å². The van der Waals surface area contributed by atoms with Crippen molar-refractivity contribution in [3.63, 3.8) is 0 Å². The van der Waals surface area contributed by atoms with Crippen molar-refractivity contribution in [3.8, 4) is 0 Å². The topological polar surface area (TPSA) is 38.3 Å². The molecule has 2 rings (SSSR count). The second-order valence-electron chi connectivity index (χ2n) is 5.04. The molecule has 2 aromatic carbocycles. The molecule has 0 aromatic heterocycles. The van der Waals surface area contributed by atoms with Crippen LogP contribution in [0.3, 0.4) is 0 Å². The third kappa shape index (κ3) is 5.17. The van der Waals surface area contributed by atoms with Gasteiger partial charge in [0.1, 0.15) is 0 Å². The van der Waals surface area contributed by atoms with Crippen LogP contribution in [-0.4, -0.2) is 19.1 Å². The largest absolute Gasteiger partial charge is 0.374 e.